The molecule has 3 aromatic carbocycles. The molecule has 1 heterocycles. The van der Waals surface area contributed by atoms with Crippen molar-refractivity contribution in [1.82, 2.24) is 4.98 Å². The first-order valence-electron chi connectivity index (χ1n) is 10.2. The largest absolute Gasteiger partial charge is 0.457 e. The third kappa shape index (κ3) is 6.65. The maximum absolute atomic E-state index is 12.3. The molecule has 0 radical (unpaired) electrons. The second-order valence-electron chi connectivity index (χ2n) is 7.09. The summed E-state index contributed by atoms with van der Waals surface area (Å²) >= 11 is 7.17. The van der Waals surface area contributed by atoms with Crippen LogP contribution in [0, 0.1) is 0 Å². The number of aryl methyl sites for hydroxylation is 1. The topological polar surface area (TPSA) is 80.3 Å². The minimum Gasteiger partial charge on any atom is -0.457 e. The van der Waals surface area contributed by atoms with Gasteiger partial charge in [-0.3, -0.25) is 14.9 Å². The third-order valence-corrected chi connectivity index (χ3v) is 5.66. The minimum absolute atomic E-state index is 0.119. The maximum atomic E-state index is 12.3. The summed E-state index contributed by atoms with van der Waals surface area (Å²) in [5.74, 6) is 1.06. The van der Waals surface area contributed by atoms with Gasteiger partial charge in [-0.05, 0) is 67.1 Å². The van der Waals surface area contributed by atoms with Crippen molar-refractivity contribution >= 4 is 45.6 Å². The molecule has 0 bridgehead atoms. The van der Waals surface area contributed by atoms with Crippen molar-refractivity contribution in [3.05, 3.63) is 101 Å². The highest BCUT2D eigenvalue weighted by Gasteiger charge is 2.11. The normalized spacial score (nSPS) is 10.5. The lowest BCUT2D eigenvalue weighted by Gasteiger charge is -2.08. The van der Waals surface area contributed by atoms with Gasteiger partial charge >= 0.3 is 0 Å². The van der Waals surface area contributed by atoms with E-state index >= 15 is 0 Å². The number of amides is 2. The van der Waals surface area contributed by atoms with Crippen LogP contribution in [0.4, 0.5) is 10.8 Å². The van der Waals surface area contributed by atoms with Gasteiger partial charge in [-0.25, -0.2) is 4.98 Å². The number of benzene rings is 3. The molecule has 2 N–H and O–H groups in total. The summed E-state index contributed by atoms with van der Waals surface area (Å²) in [7, 11) is 0. The Hall–Kier alpha value is -3.68. The zero-order valence-corrected chi connectivity index (χ0v) is 19.0. The number of hydrogen-bond donors (Lipinski definition) is 2. The zero-order chi connectivity index (χ0) is 23.0. The van der Waals surface area contributed by atoms with E-state index in [0.717, 1.165) is 11.4 Å². The third-order valence-electron chi connectivity index (χ3n) is 4.60. The lowest BCUT2D eigenvalue weighted by atomic mass is 10.2. The average molecular weight is 478 g/mol. The van der Waals surface area contributed by atoms with Crippen LogP contribution in [0.15, 0.2) is 84.2 Å². The smallest absolute Gasteiger partial charge is 0.257 e. The van der Waals surface area contributed by atoms with E-state index in [-0.39, 0.29) is 18.2 Å². The summed E-state index contributed by atoms with van der Waals surface area (Å²) < 4.78 is 5.75. The van der Waals surface area contributed by atoms with Gasteiger partial charge in [0.05, 0.1) is 5.69 Å². The second kappa shape index (κ2) is 10.8. The number of rotatable bonds is 8. The Kier molecular flexibility index (Phi) is 7.34. The fourth-order valence-electron chi connectivity index (χ4n) is 2.95. The van der Waals surface area contributed by atoms with Crippen LogP contribution in [0.3, 0.4) is 0 Å². The number of halogens is 1. The molecule has 4 rings (SSSR count). The fourth-order valence-corrected chi connectivity index (χ4v) is 3.81. The lowest BCUT2D eigenvalue weighted by Crippen LogP contribution is -2.13. The number of aromatic nitrogens is 1. The van der Waals surface area contributed by atoms with E-state index in [2.05, 4.69) is 15.6 Å². The Morgan fingerprint density at radius 3 is 2.30 bits per heavy atom. The molecule has 1 aromatic heterocycles. The molecule has 0 saturated heterocycles. The van der Waals surface area contributed by atoms with Crippen LogP contribution in [0.5, 0.6) is 11.5 Å². The number of carbonyl (C=O) groups excluding carboxylic acids is 2. The van der Waals surface area contributed by atoms with Gasteiger partial charge in [0.25, 0.3) is 5.91 Å². The number of thiazole rings is 1. The number of hydrogen-bond acceptors (Lipinski definition) is 5. The highest BCUT2D eigenvalue weighted by Crippen LogP contribution is 2.23. The van der Waals surface area contributed by atoms with Gasteiger partial charge in [0, 0.05) is 28.1 Å². The highest BCUT2D eigenvalue weighted by molar-refractivity contribution is 7.14. The van der Waals surface area contributed by atoms with Gasteiger partial charge in [0.1, 0.15) is 11.5 Å². The van der Waals surface area contributed by atoms with Crippen LogP contribution in [0.2, 0.25) is 5.02 Å². The predicted molar refractivity (Wildman–Crippen MR) is 131 cm³/mol. The Morgan fingerprint density at radius 1 is 0.879 bits per heavy atom. The summed E-state index contributed by atoms with van der Waals surface area (Å²) in [6.45, 7) is 0. The van der Waals surface area contributed by atoms with Crippen LogP contribution in [-0.2, 0) is 11.2 Å². The molecular weight excluding hydrogens is 458 g/mol. The van der Waals surface area contributed by atoms with Crippen molar-refractivity contribution in [2.24, 2.45) is 0 Å². The number of nitrogens with one attached hydrogen (secondary N) is 2. The molecule has 4 aromatic rings. The number of carbonyl (C=O) groups is 2. The van der Waals surface area contributed by atoms with Crippen molar-refractivity contribution in [3.63, 3.8) is 0 Å². The molecule has 8 heteroatoms. The van der Waals surface area contributed by atoms with Crippen molar-refractivity contribution < 1.29 is 14.3 Å². The van der Waals surface area contributed by atoms with Crippen LogP contribution < -0.4 is 15.4 Å². The molecule has 0 aliphatic heterocycles. The SMILES string of the molecule is O=C(CCc1csc(NC(=O)c2ccc(Cl)cc2)n1)Nc1ccc(Oc2ccccc2)cc1. The number of ether oxygens (including phenoxy) is 1. The molecule has 2 amide bonds. The van der Waals surface area contributed by atoms with Gasteiger partial charge in [-0.2, -0.15) is 0 Å². The van der Waals surface area contributed by atoms with Gasteiger partial charge in [0.15, 0.2) is 5.13 Å². The van der Waals surface area contributed by atoms with E-state index in [0.29, 0.717) is 33.6 Å². The number of para-hydroxylation sites is 1. The van der Waals surface area contributed by atoms with Crippen molar-refractivity contribution in [2.75, 3.05) is 10.6 Å². The van der Waals surface area contributed by atoms with Gasteiger partial charge in [-0.15, -0.1) is 11.3 Å². The molecule has 166 valence electrons. The predicted octanol–water partition coefficient (Wildman–Crippen LogP) is 6.41. The molecule has 0 fully saturated rings. The first-order valence-corrected chi connectivity index (χ1v) is 11.4. The first-order chi connectivity index (χ1) is 16.0. The second-order valence-corrected chi connectivity index (χ2v) is 8.39. The Balaban J connectivity index is 1.24. The summed E-state index contributed by atoms with van der Waals surface area (Å²) in [6.07, 6.45) is 0.741. The van der Waals surface area contributed by atoms with Crippen molar-refractivity contribution in [1.29, 1.82) is 0 Å². The summed E-state index contributed by atoms with van der Waals surface area (Å²) in [5, 5.41) is 8.52. The number of nitrogens with zero attached hydrogens (tertiary/aromatic N) is 1. The van der Waals surface area contributed by atoms with E-state index in [1.807, 2.05) is 35.7 Å². The van der Waals surface area contributed by atoms with E-state index in [4.69, 9.17) is 16.3 Å². The molecule has 0 aliphatic carbocycles. The minimum atomic E-state index is -0.259. The van der Waals surface area contributed by atoms with Gasteiger partial charge in [0.2, 0.25) is 5.91 Å². The number of anilines is 2. The van der Waals surface area contributed by atoms with Gasteiger partial charge < -0.3 is 10.1 Å². The molecule has 0 aliphatic rings. The Bertz CT molecular complexity index is 1230. The molecule has 0 atom stereocenters. The summed E-state index contributed by atoms with van der Waals surface area (Å²) in [4.78, 5) is 29.0. The Morgan fingerprint density at radius 2 is 1.58 bits per heavy atom. The van der Waals surface area contributed by atoms with Crippen LogP contribution in [0.25, 0.3) is 0 Å². The average Bonchev–Trinajstić information content (AvgIpc) is 3.27. The molecule has 0 saturated carbocycles. The van der Waals surface area contributed by atoms with Crippen LogP contribution in [-0.4, -0.2) is 16.8 Å². The molecular formula is C25H20ClN3O3S. The van der Waals surface area contributed by atoms with Crippen molar-refractivity contribution in [2.45, 2.75) is 12.8 Å². The first kappa shape index (κ1) is 22.5. The Labute approximate surface area is 200 Å². The maximum Gasteiger partial charge on any atom is 0.257 e. The monoisotopic (exact) mass is 477 g/mol. The lowest BCUT2D eigenvalue weighted by molar-refractivity contribution is -0.116. The summed E-state index contributed by atoms with van der Waals surface area (Å²) in [6, 6.07) is 23.3. The van der Waals surface area contributed by atoms with Crippen molar-refractivity contribution in [3.8, 4) is 11.5 Å². The quantitative estimate of drug-likeness (QED) is 0.307. The fraction of sp³-hybridized carbons (Fsp3) is 0.0800. The van der Waals surface area contributed by atoms with E-state index in [1.165, 1.54) is 11.3 Å². The summed E-state index contributed by atoms with van der Waals surface area (Å²) in [5.41, 5.74) is 1.93. The van der Waals surface area contributed by atoms with Crippen LogP contribution >= 0.6 is 22.9 Å². The molecule has 33 heavy (non-hydrogen) atoms. The van der Waals surface area contributed by atoms with Gasteiger partial charge in [-0.1, -0.05) is 29.8 Å². The van der Waals surface area contributed by atoms with E-state index in [9.17, 15) is 9.59 Å². The highest BCUT2D eigenvalue weighted by atomic mass is 35.5. The zero-order valence-electron chi connectivity index (χ0n) is 17.5. The molecule has 0 unspecified atom stereocenters. The van der Waals surface area contributed by atoms with E-state index < -0.39 is 0 Å². The molecule has 0 spiro atoms. The van der Waals surface area contributed by atoms with Crippen LogP contribution in [0.1, 0.15) is 22.5 Å². The molecule has 6 nitrogen and oxygen atoms in total. The van der Waals surface area contributed by atoms with E-state index in [1.54, 1.807) is 48.5 Å². The standard InChI is InChI=1S/C25H20ClN3O3S/c26-18-8-6-17(7-9-18)24(31)29-25-28-20(16-33-25)12-15-23(30)27-19-10-13-22(14-11-19)32-21-4-2-1-3-5-21/h1-11,13-14,16H,12,15H2,(H,27,30)(H,28,29,31).